The molecule has 1 aliphatic heterocycles. The summed E-state index contributed by atoms with van der Waals surface area (Å²) < 4.78 is 0. The highest BCUT2D eigenvalue weighted by molar-refractivity contribution is 8.76. The topological polar surface area (TPSA) is 498 Å². The molecule has 0 radical (unpaired) electrons. The molecular weight excluding hydrogens is 1380 g/mol. The van der Waals surface area contributed by atoms with Crippen LogP contribution >= 0.6 is 33.2 Å². The molecule has 2 unspecified atom stereocenters. The average molecular weight is 1450 g/mol. The fourth-order valence-corrected chi connectivity index (χ4v) is 14.1. The summed E-state index contributed by atoms with van der Waals surface area (Å²) in [7, 11) is 2.12. The van der Waals surface area contributed by atoms with Gasteiger partial charge in [0.1, 0.15) is 35.3 Å². The van der Waals surface area contributed by atoms with E-state index in [-0.39, 0.29) is 95.9 Å². The highest BCUT2D eigenvalue weighted by Crippen LogP contribution is 2.44. The normalized spacial score (nSPS) is 13.7. The van der Waals surface area contributed by atoms with Crippen molar-refractivity contribution in [3.8, 4) is 0 Å². The van der Waals surface area contributed by atoms with E-state index in [2.05, 4.69) is 79.3 Å². The van der Waals surface area contributed by atoms with E-state index in [1.165, 1.54) is 30.5 Å². The molecule has 10 rings (SSSR count). The number of carboxylic acid groups (broad SMARTS) is 3. The van der Waals surface area contributed by atoms with Gasteiger partial charge in [0.05, 0.1) is 24.9 Å². The van der Waals surface area contributed by atoms with Crippen molar-refractivity contribution in [3.63, 3.8) is 0 Å². The van der Waals surface area contributed by atoms with Crippen LogP contribution in [0.15, 0.2) is 114 Å². The van der Waals surface area contributed by atoms with Gasteiger partial charge < -0.3 is 78.9 Å². The zero-order valence-corrected chi connectivity index (χ0v) is 56.8. The second-order valence-electron chi connectivity index (χ2n) is 24.1. The van der Waals surface area contributed by atoms with Crippen molar-refractivity contribution in [2.45, 2.75) is 82.5 Å². The molecule has 34 heteroatoms. The van der Waals surface area contributed by atoms with Gasteiger partial charge in [-0.1, -0.05) is 45.9 Å². The number of aryl methyl sites for hydroxylation is 1. The molecule has 0 bridgehead atoms. The number of carbonyl (C=O) groups is 10. The molecule has 0 saturated heterocycles. The quantitative estimate of drug-likeness (QED) is 0.00704. The number of ketones is 1. The lowest BCUT2D eigenvalue weighted by molar-refractivity contribution is -0.143. The number of carboxylic acids is 3. The highest BCUT2D eigenvalue weighted by Gasteiger charge is 2.36. The van der Waals surface area contributed by atoms with Crippen molar-refractivity contribution in [1.29, 1.82) is 5.41 Å². The van der Waals surface area contributed by atoms with Crippen LogP contribution in [0, 0.1) is 18.3 Å². The van der Waals surface area contributed by atoms with E-state index in [0.717, 1.165) is 49.2 Å². The minimum atomic E-state index is -1.83. The molecular formula is C68H70ClN17O14S2. The predicted octanol–water partition coefficient (Wildman–Crippen LogP) is 6.31. The van der Waals surface area contributed by atoms with Crippen LogP contribution in [-0.2, 0) is 40.1 Å². The Morgan fingerprint density at radius 3 is 2.08 bits per heavy atom. The number of guanidine groups is 1. The van der Waals surface area contributed by atoms with Gasteiger partial charge in [-0.05, 0) is 127 Å². The third-order valence-corrected chi connectivity index (χ3v) is 19.5. The standard InChI is InChI=1S/C68H70ClN17O14S2/c1-33-21-53-56(45-7-3-2-6-44(33)45)38(28-69)31-86(53)64(96)51-26-37-23-41(13-16-47(37)80-51)78-61(93)49-25-36-22-40(12-15-46(36)79-49)76-54(88)18-20-101-102-32-52(66(99)100)83-62(94)50(27-55(89)90)82-60(92)35(5-4-19-73-67(70)71)24-43(87)14-17-48(65(97)98)81-59(91)34-8-10-39(11-9-34)74-29-42-30-75-58-57(77-42)63(95)85-68(72)84-58/h2-3,6-13,15-16,21-23,25-26,30,35,38,48,50,52,74,79-80H,4-5,14,17-20,24,27-29,31-32H2,1H3,(H,76,88)(H,78,93)(H,81,91)(H,82,92)(H,83,94)(H,89,90)(H,97,98)(H,99,100)(H4,70,71,73)(H3,72,75,84,85,95)/t35-,38?,48+,50+,52?/m0/s1. The summed E-state index contributed by atoms with van der Waals surface area (Å²) >= 11 is 6.47. The van der Waals surface area contributed by atoms with Gasteiger partial charge in [0.2, 0.25) is 23.7 Å². The van der Waals surface area contributed by atoms with Crippen LogP contribution < -0.4 is 59.1 Å². The summed E-state index contributed by atoms with van der Waals surface area (Å²) in [5.74, 6) is -10.6. The molecule has 4 aromatic heterocycles. The third kappa shape index (κ3) is 18.4. The Labute approximate surface area is 592 Å². The SMILES string of the molecule is Cc1cc2c(c3ccccc13)C(CCl)CN2C(=O)c1cc2cc(NC(=O)c3cc4cc(NC(=O)CCSSCC(NC(=O)[C@@H](CC(=O)O)NC(=O)[C@@H](CCCNC(=N)N)CC(=O)CC[C@@H](NC(=O)c5ccc(NCc6cnc7nc(N)[nH]c(=O)c7n6)cc5)C(=O)O)C(=O)O)ccc4[nH]3)ccc2[nH]1. The smallest absolute Gasteiger partial charge is 0.327 e. The second-order valence-corrected chi connectivity index (χ2v) is 27.0. The summed E-state index contributed by atoms with van der Waals surface area (Å²) in [6.45, 7) is 2.65. The van der Waals surface area contributed by atoms with E-state index in [1.807, 2.05) is 25.1 Å². The molecule has 5 aromatic carbocycles. The molecule has 0 aliphatic carbocycles. The van der Waals surface area contributed by atoms with Crippen LogP contribution in [0.3, 0.4) is 0 Å². The monoisotopic (exact) mass is 1450 g/mol. The number of nitrogens with one attached hydrogen (secondary N) is 11. The van der Waals surface area contributed by atoms with Gasteiger partial charge in [0.25, 0.3) is 23.3 Å². The van der Waals surface area contributed by atoms with Gasteiger partial charge in [-0.15, -0.1) is 11.6 Å². The fraction of sp³-hybridized carbons (Fsp3) is 0.279. The number of Topliss-reactive ketones (excluding diaryl/α,β-unsaturated/α-hetero) is 1. The molecule has 9 aromatic rings. The van der Waals surface area contributed by atoms with E-state index < -0.39 is 103 Å². The summed E-state index contributed by atoms with van der Waals surface area (Å²) in [6, 6.07) is 24.7. The number of amides is 6. The maximum Gasteiger partial charge on any atom is 0.327 e. The number of hydrogen-bond acceptors (Lipinski definition) is 19. The van der Waals surface area contributed by atoms with Gasteiger partial charge in [-0.2, -0.15) is 4.98 Å². The number of anilines is 5. The number of nitrogens with zero attached hydrogens (tertiary/aromatic N) is 4. The number of nitrogen functional groups attached to an aromatic ring is 1. The highest BCUT2D eigenvalue weighted by atomic mass is 35.5. The summed E-state index contributed by atoms with van der Waals surface area (Å²) in [4.78, 5) is 167. The Kier molecular flexibility index (Phi) is 23.7. The molecule has 0 saturated carbocycles. The van der Waals surface area contributed by atoms with Crippen molar-refractivity contribution in [2.24, 2.45) is 11.7 Å². The minimum Gasteiger partial charge on any atom is -0.481 e. The van der Waals surface area contributed by atoms with Crippen molar-refractivity contribution in [3.05, 3.63) is 153 Å². The number of carbonyl (C=O) groups excluding carboxylic acids is 7. The first-order valence-corrected chi connectivity index (χ1v) is 35.0. The van der Waals surface area contributed by atoms with Crippen molar-refractivity contribution in [1.82, 2.24) is 51.2 Å². The number of halogens is 1. The molecule has 5 heterocycles. The average Bonchev–Trinajstić information content (AvgIpc) is 1.58. The summed E-state index contributed by atoms with van der Waals surface area (Å²) in [6.07, 6.45) is -0.952. The second kappa shape index (κ2) is 33.1. The van der Waals surface area contributed by atoms with Gasteiger partial charge >= 0.3 is 17.9 Å². The number of aliphatic carboxylic acids is 3. The Balaban J connectivity index is 0.667. The predicted molar refractivity (Wildman–Crippen MR) is 387 cm³/mol. The van der Waals surface area contributed by atoms with E-state index in [4.69, 9.17) is 28.5 Å². The van der Waals surface area contributed by atoms with Crippen LogP contribution in [0.1, 0.15) is 99.0 Å². The molecule has 18 N–H and O–H groups in total. The van der Waals surface area contributed by atoms with Gasteiger partial charge in [0.15, 0.2) is 17.1 Å². The first-order chi connectivity index (χ1) is 48.9. The zero-order chi connectivity index (χ0) is 72.9. The number of H-pyrrole nitrogens is 3. The lowest BCUT2D eigenvalue weighted by Gasteiger charge is -2.23. The number of hydrogen-bond donors (Lipinski definition) is 16. The van der Waals surface area contributed by atoms with E-state index >= 15 is 0 Å². The Morgan fingerprint density at radius 2 is 1.39 bits per heavy atom. The lowest BCUT2D eigenvalue weighted by atomic mass is 9.93. The van der Waals surface area contributed by atoms with Crippen molar-refractivity contribution >= 4 is 171 Å². The molecule has 530 valence electrons. The third-order valence-electron chi connectivity index (χ3n) is 16.7. The number of benzene rings is 5. The van der Waals surface area contributed by atoms with Crippen molar-refractivity contribution in [2.75, 3.05) is 57.1 Å². The van der Waals surface area contributed by atoms with Crippen LogP contribution in [0.2, 0.25) is 0 Å². The molecule has 1 aliphatic rings. The fourth-order valence-electron chi connectivity index (χ4n) is 11.7. The lowest BCUT2D eigenvalue weighted by Crippen LogP contribution is -2.54. The van der Waals surface area contributed by atoms with Crippen molar-refractivity contribution < 1.29 is 63.3 Å². The number of alkyl halides is 1. The number of fused-ring (bicyclic) bond motifs is 6. The van der Waals surface area contributed by atoms with Gasteiger partial charge in [0, 0.05) is 112 Å². The minimum absolute atomic E-state index is 0.0163. The first kappa shape index (κ1) is 73.1. The largest absolute Gasteiger partial charge is 0.481 e. The van der Waals surface area contributed by atoms with E-state index in [1.54, 1.807) is 53.4 Å². The maximum absolute atomic E-state index is 14.1. The summed E-state index contributed by atoms with van der Waals surface area (Å²) in [5.41, 5.74) is 17.2. The number of nitrogens with two attached hydrogens (primary N) is 2. The molecule has 5 atom stereocenters. The molecule has 31 nitrogen and oxygen atoms in total. The number of aromatic amines is 3. The molecule has 102 heavy (non-hydrogen) atoms. The van der Waals surface area contributed by atoms with Gasteiger partial charge in [-0.25, -0.2) is 19.6 Å². The van der Waals surface area contributed by atoms with Crippen LogP contribution in [0.5, 0.6) is 0 Å². The first-order valence-electron chi connectivity index (χ1n) is 31.9. The summed E-state index contributed by atoms with van der Waals surface area (Å²) in [5, 5.41) is 59.2. The van der Waals surface area contributed by atoms with E-state index in [0.29, 0.717) is 62.7 Å². The maximum atomic E-state index is 14.1. The molecule has 0 fully saturated rings. The van der Waals surface area contributed by atoms with Crippen LogP contribution in [0.25, 0.3) is 43.7 Å². The molecule has 6 amide bonds. The molecule has 0 spiro atoms. The van der Waals surface area contributed by atoms with Crippen LogP contribution in [-0.4, -0.2) is 159 Å². The Hall–Kier alpha value is -11.6. The zero-order valence-electron chi connectivity index (χ0n) is 54.4. The van der Waals surface area contributed by atoms with Gasteiger partial charge in [-0.3, -0.25) is 53.5 Å². The Morgan fingerprint density at radius 1 is 0.725 bits per heavy atom. The number of aromatic nitrogens is 6. The van der Waals surface area contributed by atoms with E-state index in [9.17, 15) is 68.1 Å². The Bertz CT molecular complexity index is 4840. The number of rotatable bonds is 33. The van der Waals surface area contributed by atoms with Crippen LogP contribution in [0.4, 0.5) is 28.7 Å².